The molecule has 1 unspecified atom stereocenters. The van der Waals surface area contributed by atoms with E-state index in [0.29, 0.717) is 6.04 Å². The Balaban J connectivity index is 2.48. The zero-order chi connectivity index (χ0) is 10.6. The van der Waals surface area contributed by atoms with Gasteiger partial charge in [0.2, 0.25) is 0 Å². The Hall–Kier alpha value is -0.120. The van der Waals surface area contributed by atoms with E-state index in [2.05, 4.69) is 31.0 Å². The second kappa shape index (κ2) is 5.10. The average Bonchev–Trinajstić information content (AvgIpc) is 2.18. The van der Waals surface area contributed by atoms with Crippen molar-refractivity contribution in [1.82, 2.24) is 10.2 Å². The van der Waals surface area contributed by atoms with Crippen LogP contribution in [0.3, 0.4) is 0 Å². The fourth-order valence-corrected chi connectivity index (χ4v) is 1.86. The second-order valence-corrected chi connectivity index (χ2v) is 4.74. The van der Waals surface area contributed by atoms with E-state index in [1.807, 2.05) is 7.05 Å². The molecule has 0 spiro atoms. The number of likely N-dealkylation sites (N-methyl/N-ethyl adjacent to an activating group) is 1. The summed E-state index contributed by atoms with van der Waals surface area (Å²) in [5.41, 5.74) is 0.199. The third-order valence-corrected chi connectivity index (χ3v) is 3.10. The smallest absolute Gasteiger partial charge is 0.0622 e. The van der Waals surface area contributed by atoms with Crippen LogP contribution in [0.1, 0.15) is 27.2 Å². The molecule has 0 aromatic carbocycles. The van der Waals surface area contributed by atoms with Crippen LogP contribution in [0.4, 0.5) is 0 Å². The molecule has 1 atom stereocenters. The van der Waals surface area contributed by atoms with E-state index < -0.39 is 0 Å². The van der Waals surface area contributed by atoms with Crippen LogP contribution in [0.2, 0.25) is 0 Å². The van der Waals surface area contributed by atoms with Gasteiger partial charge >= 0.3 is 0 Å². The highest BCUT2D eigenvalue weighted by Crippen LogP contribution is 2.14. The molecule has 0 saturated carbocycles. The van der Waals surface area contributed by atoms with E-state index in [1.54, 1.807) is 0 Å². The van der Waals surface area contributed by atoms with Gasteiger partial charge in [-0.25, -0.2) is 0 Å². The van der Waals surface area contributed by atoms with Crippen LogP contribution in [0.25, 0.3) is 0 Å². The standard InChI is InChI=1S/C11H24N2O/c1-5-10-8-14-7-6-13(10)9-11(2,3)12-4/h10,12H,5-9H2,1-4H3. The summed E-state index contributed by atoms with van der Waals surface area (Å²) in [5.74, 6) is 0. The normalized spacial score (nSPS) is 25.3. The van der Waals surface area contributed by atoms with E-state index >= 15 is 0 Å². The van der Waals surface area contributed by atoms with Gasteiger partial charge in [0.1, 0.15) is 0 Å². The minimum atomic E-state index is 0.199. The molecule has 1 rings (SSSR count). The van der Waals surface area contributed by atoms with Crippen molar-refractivity contribution < 1.29 is 4.74 Å². The number of morpholine rings is 1. The third-order valence-electron chi connectivity index (χ3n) is 3.10. The molecule has 1 aliphatic rings. The fraction of sp³-hybridized carbons (Fsp3) is 1.00. The molecule has 0 radical (unpaired) electrons. The summed E-state index contributed by atoms with van der Waals surface area (Å²) in [7, 11) is 2.03. The summed E-state index contributed by atoms with van der Waals surface area (Å²) >= 11 is 0. The van der Waals surface area contributed by atoms with Gasteiger partial charge in [0.25, 0.3) is 0 Å². The summed E-state index contributed by atoms with van der Waals surface area (Å²) in [4.78, 5) is 2.54. The van der Waals surface area contributed by atoms with Gasteiger partial charge in [0, 0.05) is 24.7 Å². The summed E-state index contributed by atoms with van der Waals surface area (Å²) in [6.45, 7) is 10.7. The maximum atomic E-state index is 5.49. The Labute approximate surface area is 87.8 Å². The maximum absolute atomic E-state index is 5.49. The molecule has 1 heterocycles. The highest BCUT2D eigenvalue weighted by atomic mass is 16.5. The number of ether oxygens (including phenoxy) is 1. The number of hydrogen-bond acceptors (Lipinski definition) is 3. The van der Waals surface area contributed by atoms with Gasteiger partial charge in [0.15, 0.2) is 0 Å². The first-order valence-corrected chi connectivity index (χ1v) is 5.60. The van der Waals surface area contributed by atoms with Crippen LogP contribution in [0.15, 0.2) is 0 Å². The summed E-state index contributed by atoms with van der Waals surface area (Å²) in [6, 6.07) is 0.608. The second-order valence-electron chi connectivity index (χ2n) is 4.74. The van der Waals surface area contributed by atoms with Crippen molar-refractivity contribution in [2.75, 3.05) is 33.4 Å². The highest BCUT2D eigenvalue weighted by molar-refractivity contribution is 4.84. The first kappa shape index (κ1) is 12.0. The van der Waals surface area contributed by atoms with Crippen molar-refractivity contribution in [1.29, 1.82) is 0 Å². The average molecular weight is 200 g/mol. The molecule has 0 amide bonds. The molecule has 1 aliphatic heterocycles. The molecular weight excluding hydrogens is 176 g/mol. The Kier molecular flexibility index (Phi) is 4.35. The first-order chi connectivity index (χ1) is 6.59. The van der Waals surface area contributed by atoms with Crippen LogP contribution in [0, 0.1) is 0 Å². The zero-order valence-corrected chi connectivity index (χ0v) is 9.97. The minimum absolute atomic E-state index is 0.199. The third kappa shape index (κ3) is 3.23. The largest absolute Gasteiger partial charge is 0.378 e. The zero-order valence-electron chi connectivity index (χ0n) is 9.97. The summed E-state index contributed by atoms with van der Waals surface area (Å²) in [5, 5.41) is 3.35. The lowest BCUT2D eigenvalue weighted by molar-refractivity contribution is -0.0179. The molecule has 0 aromatic heterocycles. The predicted molar refractivity (Wildman–Crippen MR) is 59.6 cm³/mol. The van der Waals surface area contributed by atoms with E-state index in [0.717, 1.165) is 26.3 Å². The molecule has 84 valence electrons. The highest BCUT2D eigenvalue weighted by Gasteiger charge is 2.26. The fourth-order valence-electron chi connectivity index (χ4n) is 1.86. The molecule has 0 bridgehead atoms. The molecule has 1 fully saturated rings. The molecule has 0 aliphatic carbocycles. The van der Waals surface area contributed by atoms with E-state index in [1.165, 1.54) is 6.42 Å². The van der Waals surface area contributed by atoms with E-state index in [-0.39, 0.29) is 5.54 Å². The lowest BCUT2D eigenvalue weighted by Crippen LogP contribution is -2.54. The molecule has 14 heavy (non-hydrogen) atoms. The molecule has 1 saturated heterocycles. The van der Waals surface area contributed by atoms with Crippen LogP contribution >= 0.6 is 0 Å². The lowest BCUT2D eigenvalue weighted by Gasteiger charge is -2.40. The van der Waals surface area contributed by atoms with Gasteiger partial charge in [-0.2, -0.15) is 0 Å². The summed E-state index contributed by atoms with van der Waals surface area (Å²) in [6.07, 6.45) is 1.18. The van der Waals surface area contributed by atoms with Crippen LogP contribution in [-0.2, 0) is 4.74 Å². The van der Waals surface area contributed by atoms with Crippen molar-refractivity contribution in [2.24, 2.45) is 0 Å². The SMILES string of the molecule is CCC1COCCN1CC(C)(C)NC. The number of hydrogen-bond donors (Lipinski definition) is 1. The Morgan fingerprint density at radius 3 is 2.79 bits per heavy atom. The van der Waals surface area contributed by atoms with Crippen LogP contribution < -0.4 is 5.32 Å². The van der Waals surface area contributed by atoms with Gasteiger partial charge in [-0.1, -0.05) is 6.92 Å². The van der Waals surface area contributed by atoms with Gasteiger partial charge < -0.3 is 10.1 Å². The van der Waals surface area contributed by atoms with Gasteiger partial charge in [-0.15, -0.1) is 0 Å². The van der Waals surface area contributed by atoms with Gasteiger partial charge in [-0.3, -0.25) is 4.90 Å². The first-order valence-electron chi connectivity index (χ1n) is 5.60. The van der Waals surface area contributed by atoms with Gasteiger partial charge in [0.05, 0.1) is 13.2 Å². The van der Waals surface area contributed by atoms with Crippen molar-refractivity contribution in [3.05, 3.63) is 0 Å². The topological polar surface area (TPSA) is 24.5 Å². The number of nitrogens with zero attached hydrogens (tertiary/aromatic N) is 1. The quantitative estimate of drug-likeness (QED) is 0.735. The van der Waals surface area contributed by atoms with Crippen molar-refractivity contribution >= 4 is 0 Å². The maximum Gasteiger partial charge on any atom is 0.0622 e. The molecule has 1 N–H and O–H groups in total. The van der Waals surface area contributed by atoms with Crippen molar-refractivity contribution in [3.63, 3.8) is 0 Å². The minimum Gasteiger partial charge on any atom is -0.378 e. The number of rotatable bonds is 4. The molecular formula is C11H24N2O. The van der Waals surface area contributed by atoms with Crippen molar-refractivity contribution in [2.45, 2.75) is 38.8 Å². The van der Waals surface area contributed by atoms with E-state index in [9.17, 15) is 0 Å². The Morgan fingerprint density at radius 1 is 1.50 bits per heavy atom. The Morgan fingerprint density at radius 2 is 2.21 bits per heavy atom. The van der Waals surface area contributed by atoms with Crippen molar-refractivity contribution in [3.8, 4) is 0 Å². The lowest BCUT2D eigenvalue weighted by atomic mass is 10.0. The summed E-state index contributed by atoms with van der Waals surface area (Å²) < 4.78 is 5.49. The van der Waals surface area contributed by atoms with Crippen LogP contribution in [-0.4, -0.2) is 49.8 Å². The monoisotopic (exact) mass is 200 g/mol. The molecule has 3 heteroatoms. The molecule has 0 aromatic rings. The predicted octanol–water partition coefficient (Wildman–Crippen LogP) is 1.10. The van der Waals surface area contributed by atoms with E-state index in [4.69, 9.17) is 4.74 Å². The Bertz CT molecular complexity index is 171. The molecule has 3 nitrogen and oxygen atoms in total. The van der Waals surface area contributed by atoms with Gasteiger partial charge in [-0.05, 0) is 27.3 Å². The van der Waals surface area contributed by atoms with Crippen LogP contribution in [0.5, 0.6) is 0 Å². The number of nitrogens with one attached hydrogen (secondary N) is 1.